The van der Waals surface area contributed by atoms with Gasteiger partial charge in [-0.1, -0.05) is 24.3 Å². The summed E-state index contributed by atoms with van der Waals surface area (Å²) >= 11 is 0. The van der Waals surface area contributed by atoms with Crippen LogP contribution in [0.3, 0.4) is 0 Å². The number of hydrogen-bond acceptors (Lipinski definition) is 3. The first-order valence-corrected chi connectivity index (χ1v) is 10.4. The van der Waals surface area contributed by atoms with Crippen molar-refractivity contribution in [3.05, 3.63) is 58.9 Å². The highest BCUT2D eigenvalue weighted by Gasteiger charge is 2.47. The van der Waals surface area contributed by atoms with Crippen molar-refractivity contribution in [3.8, 4) is 6.07 Å². The number of benzene rings is 1. The molecule has 0 unspecified atom stereocenters. The van der Waals surface area contributed by atoms with Crippen molar-refractivity contribution >= 4 is 11.8 Å². The zero-order chi connectivity index (χ0) is 22.2. The standard InChI is InChI=1S/C23H24F2N4O2/c1-15-8-19(13-28(15)12-16-2-4-17(5-3-16)18-6-7-18)22(31)27-11-21(30)29-14-23(24,25)9-20(29)10-26/h2-5,8,13,18,20H,6-7,9,11-12,14H2,1H3,(H,27,31)/t20-/m0/s1. The molecule has 2 amide bonds. The van der Waals surface area contributed by atoms with Gasteiger partial charge in [-0.15, -0.1) is 0 Å². The number of nitriles is 1. The molecule has 2 aromatic rings. The van der Waals surface area contributed by atoms with Crippen LogP contribution in [-0.2, 0) is 11.3 Å². The van der Waals surface area contributed by atoms with Crippen molar-refractivity contribution < 1.29 is 18.4 Å². The van der Waals surface area contributed by atoms with E-state index in [0.29, 0.717) is 18.0 Å². The molecule has 4 rings (SSSR count). The van der Waals surface area contributed by atoms with Crippen molar-refractivity contribution in [1.82, 2.24) is 14.8 Å². The largest absolute Gasteiger partial charge is 0.347 e. The molecule has 1 N–H and O–H groups in total. The van der Waals surface area contributed by atoms with E-state index >= 15 is 0 Å². The zero-order valence-corrected chi connectivity index (χ0v) is 17.3. The molecule has 1 aromatic heterocycles. The first kappa shape index (κ1) is 21.0. The molecule has 1 saturated heterocycles. The number of carbonyl (C=O) groups is 2. The van der Waals surface area contributed by atoms with Crippen molar-refractivity contribution in [1.29, 1.82) is 5.26 Å². The number of rotatable bonds is 6. The number of nitrogens with zero attached hydrogens (tertiary/aromatic N) is 3. The summed E-state index contributed by atoms with van der Waals surface area (Å²) < 4.78 is 29.0. The molecular weight excluding hydrogens is 402 g/mol. The molecule has 162 valence electrons. The minimum atomic E-state index is -3.08. The highest BCUT2D eigenvalue weighted by molar-refractivity contribution is 5.96. The van der Waals surface area contributed by atoms with Crippen LogP contribution in [0.2, 0.25) is 0 Å². The van der Waals surface area contributed by atoms with Crippen LogP contribution in [0.15, 0.2) is 36.5 Å². The number of likely N-dealkylation sites (tertiary alicyclic amines) is 1. The number of halogens is 2. The zero-order valence-electron chi connectivity index (χ0n) is 17.3. The van der Waals surface area contributed by atoms with E-state index in [9.17, 15) is 18.4 Å². The summed E-state index contributed by atoms with van der Waals surface area (Å²) in [4.78, 5) is 25.6. The van der Waals surface area contributed by atoms with E-state index in [4.69, 9.17) is 5.26 Å². The highest BCUT2D eigenvalue weighted by Crippen LogP contribution is 2.40. The number of aromatic nitrogens is 1. The maximum absolute atomic E-state index is 13.5. The second-order valence-corrected chi connectivity index (χ2v) is 8.42. The maximum Gasteiger partial charge on any atom is 0.268 e. The molecule has 2 fully saturated rings. The minimum Gasteiger partial charge on any atom is -0.347 e. The predicted octanol–water partition coefficient (Wildman–Crippen LogP) is 3.21. The van der Waals surface area contributed by atoms with Gasteiger partial charge in [0.15, 0.2) is 0 Å². The average molecular weight is 426 g/mol. The van der Waals surface area contributed by atoms with Gasteiger partial charge < -0.3 is 14.8 Å². The maximum atomic E-state index is 13.5. The summed E-state index contributed by atoms with van der Waals surface area (Å²) in [6, 6.07) is 10.8. The van der Waals surface area contributed by atoms with Gasteiger partial charge in [-0.3, -0.25) is 9.59 Å². The SMILES string of the molecule is Cc1cc(C(=O)NCC(=O)N2CC(F)(F)C[C@H]2C#N)cn1Cc1ccc(C2CC2)cc1. The van der Waals surface area contributed by atoms with Gasteiger partial charge in [-0.05, 0) is 42.9 Å². The predicted molar refractivity (Wildman–Crippen MR) is 110 cm³/mol. The Morgan fingerprint density at radius 2 is 1.97 bits per heavy atom. The van der Waals surface area contributed by atoms with E-state index < -0.39 is 43.3 Å². The van der Waals surface area contributed by atoms with E-state index in [1.165, 1.54) is 18.4 Å². The Morgan fingerprint density at radius 3 is 2.61 bits per heavy atom. The van der Waals surface area contributed by atoms with Gasteiger partial charge in [0, 0.05) is 24.9 Å². The normalized spacial score (nSPS) is 19.8. The third kappa shape index (κ3) is 4.76. The van der Waals surface area contributed by atoms with E-state index in [0.717, 1.165) is 16.2 Å². The Hall–Kier alpha value is -3.21. The Bertz CT molecular complexity index is 1030. The van der Waals surface area contributed by atoms with Crippen LogP contribution in [0.25, 0.3) is 0 Å². The Kier molecular flexibility index (Phi) is 5.52. The van der Waals surface area contributed by atoms with Crippen LogP contribution in [0.5, 0.6) is 0 Å². The number of hydrogen-bond donors (Lipinski definition) is 1. The molecule has 0 spiro atoms. The van der Waals surface area contributed by atoms with Gasteiger partial charge in [-0.2, -0.15) is 5.26 Å². The molecule has 1 saturated carbocycles. The fourth-order valence-corrected chi connectivity index (χ4v) is 3.97. The van der Waals surface area contributed by atoms with Crippen molar-refractivity contribution in [2.24, 2.45) is 0 Å². The van der Waals surface area contributed by atoms with Gasteiger partial charge in [0.25, 0.3) is 11.8 Å². The van der Waals surface area contributed by atoms with Crippen LogP contribution < -0.4 is 5.32 Å². The summed E-state index contributed by atoms with van der Waals surface area (Å²) in [7, 11) is 0. The Morgan fingerprint density at radius 1 is 1.26 bits per heavy atom. The number of aryl methyl sites for hydroxylation is 1. The van der Waals surface area contributed by atoms with Gasteiger partial charge in [-0.25, -0.2) is 8.78 Å². The molecule has 2 aliphatic rings. The molecule has 1 aromatic carbocycles. The summed E-state index contributed by atoms with van der Waals surface area (Å²) in [6.07, 6.45) is 3.56. The van der Waals surface area contributed by atoms with Gasteiger partial charge in [0.1, 0.15) is 6.04 Å². The van der Waals surface area contributed by atoms with E-state index in [1.807, 2.05) is 11.5 Å². The third-order valence-corrected chi connectivity index (χ3v) is 5.90. The molecule has 2 heterocycles. The van der Waals surface area contributed by atoms with Gasteiger partial charge in [0.05, 0.1) is 24.7 Å². The molecular formula is C23H24F2N4O2. The van der Waals surface area contributed by atoms with E-state index in [-0.39, 0.29) is 0 Å². The van der Waals surface area contributed by atoms with Crippen LogP contribution in [0.1, 0.15) is 52.4 Å². The average Bonchev–Trinajstić information content (AvgIpc) is 3.45. The van der Waals surface area contributed by atoms with Crippen LogP contribution in [0, 0.1) is 18.3 Å². The lowest BCUT2D eigenvalue weighted by Gasteiger charge is -2.19. The summed E-state index contributed by atoms with van der Waals surface area (Å²) in [5, 5.41) is 11.5. The van der Waals surface area contributed by atoms with E-state index in [2.05, 4.69) is 29.6 Å². The number of carbonyl (C=O) groups excluding carboxylic acids is 2. The quantitative estimate of drug-likeness (QED) is 0.771. The number of amides is 2. The van der Waals surface area contributed by atoms with Crippen LogP contribution in [0.4, 0.5) is 8.78 Å². The summed E-state index contributed by atoms with van der Waals surface area (Å²) in [5.74, 6) is -3.52. The van der Waals surface area contributed by atoms with Crippen molar-refractivity contribution in [2.45, 2.75) is 50.6 Å². The lowest BCUT2D eigenvalue weighted by atomic mass is 10.1. The topological polar surface area (TPSA) is 78.1 Å². The third-order valence-electron chi connectivity index (χ3n) is 5.90. The lowest BCUT2D eigenvalue weighted by molar-refractivity contribution is -0.131. The second-order valence-electron chi connectivity index (χ2n) is 8.42. The molecule has 31 heavy (non-hydrogen) atoms. The first-order valence-electron chi connectivity index (χ1n) is 10.4. The fraction of sp³-hybridized carbons (Fsp3) is 0.435. The van der Waals surface area contributed by atoms with Gasteiger partial charge in [0.2, 0.25) is 5.91 Å². The number of alkyl halides is 2. The lowest BCUT2D eigenvalue weighted by Crippen LogP contribution is -2.42. The highest BCUT2D eigenvalue weighted by atomic mass is 19.3. The van der Waals surface area contributed by atoms with Crippen molar-refractivity contribution in [3.63, 3.8) is 0 Å². The summed E-state index contributed by atoms with van der Waals surface area (Å²) in [6.45, 7) is 1.29. The Labute approximate surface area is 179 Å². The molecule has 0 bridgehead atoms. The molecule has 1 aliphatic heterocycles. The molecule has 0 radical (unpaired) electrons. The summed E-state index contributed by atoms with van der Waals surface area (Å²) in [5.41, 5.74) is 3.78. The first-order chi connectivity index (χ1) is 14.8. The molecule has 6 nitrogen and oxygen atoms in total. The monoisotopic (exact) mass is 426 g/mol. The van der Waals surface area contributed by atoms with Crippen molar-refractivity contribution in [2.75, 3.05) is 13.1 Å². The molecule has 8 heteroatoms. The second kappa shape index (κ2) is 8.14. The molecule has 1 aliphatic carbocycles. The minimum absolute atomic E-state index is 0.392. The Balaban J connectivity index is 1.35. The van der Waals surface area contributed by atoms with Crippen LogP contribution >= 0.6 is 0 Å². The number of nitrogens with one attached hydrogen (secondary N) is 1. The molecule has 1 atom stereocenters. The van der Waals surface area contributed by atoms with Gasteiger partial charge >= 0.3 is 0 Å². The van der Waals surface area contributed by atoms with Crippen LogP contribution in [-0.4, -0.2) is 46.3 Å². The van der Waals surface area contributed by atoms with E-state index in [1.54, 1.807) is 18.3 Å². The smallest absolute Gasteiger partial charge is 0.268 e. The fourth-order valence-electron chi connectivity index (χ4n) is 3.97.